The molecule has 0 radical (unpaired) electrons. The number of carbonyl (C=O) groups is 1. The average molecular weight is 367 g/mol. The number of aliphatic carboxylic acids is 1. The number of benzene rings is 1. The number of carboxylic acids is 1. The van der Waals surface area contributed by atoms with Crippen LogP contribution in [0.5, 0.6) is 5.75 Å². The minimum absolute atomic E-state index is 0.127. The van der Waals surface area contributed by atoms with E-state index in [0.29, 0.717) is 24.7 Å². The van der Waals surface area contributed by atoms with Gasteiger partial charge in [0, 0.05) is 6.04 Å². The lowest BCUT2D eigenvalue weighted by molar-refractivity contribution is -0.142. The Balaban J connectivity index is 1.60. The molecule has 1 aromatic carbocycles. The number of ether oxygens (including phenoxy) is 1. The zero-order chi connectivity index (χ0) is 18.2. The van der Waals surface area contributed by atoms with E-state index in [9.17, 15) is 18.3 Å². The Morgan fingerprint density at radius 3 is 2.48 bits per heavy atom. The maximum absolute atomic E-state index is 12.5. The monoisotopic (exact) mass is 367 g/mol. The van der Waals surface area contributed by atoms with Gasteiger partial charge in [-0.2, -0.15) is 0 Å². The van der Waals surface area contributed by atoms with Crippen LogP contribution >= 0.6 is 0 Å². The summed E-state index contributed by atoms with van der Waals surface area (Å²) in [5.41, 5.74) is 0. The Labute approximate surface area is 148 Å². The second-order valence-electron chi connectivity index (χ2n) is 7.47. The highest BCUT2D eigenvalue weighted by Gasteiger charge is 2.57. The summed E-state index contributed by atoms with van der Waals surface area (Å²) >= 11 is 0. The van der Waals surface area contributed by atoms with E-state index in [1.54, 1.807) is 12.1 Å². The van der Waals surface area contributed by atoms with Gasteiger partial charge in [0.15, 0.2) is 0 Å². The zero-order valence-corrected chi connectivity index (χ0v) is 15.3. The number of hydrogen-bond acceptors (Lipinski definition) is 4. The average Bonchev–Trinajstić information content (AvgIpc) is 3.24. The largest absolute Gasteiger partial charge is 0.494 e. The molecule has 0 bridgehead atoms. The molecule has 4 atom stereocenters. The van der Waals surface area contributed by atoms with Crippen LogP contribution in [0.1, 0.15) is 33.1 Å². The third-order valence-electron chi connectivity index (χ3n) is 5.15. The Morgan fingerprint density at radius 2 is 1.92 bits per heavy atom. The first-order valence-electron chi connectivity index (χ1n) is 8.76. The van der Waals surface area contributed by atoms with Crippen molar-refractivity contribution in [1.29, 1.82) is 0 Å². The number of hydrogen-bond donors (Lipinski definition) is 2. The number of nitrogens with one attached hydrogen (secondary N) is 1. The van der Waals surface area contributed by atoms with Gasteiger partial charge < -0.3 is 9.84 Å². The quantitative estimate of drug-likeness (QED) is 0.736. The summed E-state index contributed by atoms with van der Waals surface area (Å²) in [5, 5.41) is 9.19. The summed E-state index contributed by atoms with van der Waals surface area (Å²) in [5.74, 6) is 0.243. The lowest BCUT2D eigenvalue weighted by atomic mass is 10.0. The lowest BCUT2D eigenvalue weighted by Gasteiger charge is -2.16. The maximum Gasteiger partial charge on any atom is 0.306 e. The van der Waals surface area contributed by atoms with Gasteiger partial charge in [-0.25, -0.2) is 13.1 Å². The van der Waals surface area contributed by atoms with Gasteiger partial charge in [-0.3, -0.25) is 4.79 Å². The molecule has 2 N–H and O–H groups in total. The van der Waals surface area contributed by atoms with Crippen molar-refractivity contribution in [2.75, 3.05) is 6.61 Å². The van der Waals surface area contributed by atoms with Gasteiger partial charge in [0.2, 0.25) is 10.0 Å². The highest BCUT2D eigenvalue weighted by molar-refractivity contribution is 7.89. The fourth-order valence-corrected chi connectivity index (χ4v) is 4.90. The number of sulfonamides is 1. The van der Waals surface area contributed by atoms with E-state index < -0.39 is 21.9 Å². The molecule has 3 rings (SSSR count). The smallest absolute Gasteiger partial charge is 0.306 e. The molecular weight excluding hydrogens is 342 g/mol. The van der Waals surface area contributed by atoms with Crippen molar-refractivity contribution < 1.29 is 23.1 Å². The van der Waals surface area contributed by atoms with E-state index in [4.69, 9.17) is 4.74 Å². The van der Waals surface area contributed by atoms with Crippen molar-refractivity contribution in [3.63, 3.8) is 0 Å². The zero-order valence-electron chi connectivity index (χ0n) is 14.5. The second kappa shape index (κ2) is 6.96. The molecule has 0 aliphatic heterocycles. The summed E-state index contributed by atoms with van der Waals surface area (Å²) in [4.78, 5) is 11.4. The highest BCUT2D eigenvalue weighted by atomic mass is 32.2. The van der Waals surface area contributed by atoms with Crippen LogP contribution in [0.2, 0.25) is 0 Å². The third kappa shape index (κ3) is 4.15. The van der Waals surface area contributed by atoms with E-state index in [2.05, 4.69) is 18.6 Å². The molecule has 0 saturated heterocycles. The number of carboxylic acid groups (broad SMARTS) is 1. The minimum atomic E-state index is -3.65. The van der Waals surface area contributed by atoms with Crippen LogP contribution < -0.4 is 9.46 Å². The van der Waals surface area contributed by atoms with Gasteiger partial charge >= 0.3 is 5.97 Å². The molecule has 2 saturated carbocycles. The van der Waals surface area contributed by atoms with Crippen LogP contribution in [0.25, 0.3) is 0 Å². The fraction of sp³-hybridized carbons (Fsp3) is 0.611. The van der Waals surface area contributed by atoms with E-state index >= 15 is 0 Å². The molecule has 7 heteroatoms. The minimum Gasteiger partial charge on any atom is -0.494 e. The van der Waals surface area contributed by atoms with Gasteiger partial charge in [0.05, 0.1) is 17.4 Å². The van der Waals surface area contributed by atoms with Gasteiger partial charge in [-0.05, 0) is 61.3 Å². The normalized spacial score (nSPS) is 28.0. The predicted molar refractivity (Wildman–Crippen MR) is 92.8 cm³/mol. The van der Waals surface area contributed by atoms with Crippen molar-refractivity contribution in [1.82, 2.24) is 4.72 Å². The standard InChI is InChI=1S/C18H25NO5S/c1-11(2)7-8-24-12-3-5-13(6-4-12)25(22,23)19-17-10-16(18(20)21)14-9-15(14)17/h3-6,11,14-17,19H,7-10H2,1-2H3,(H,20,21)/t14-,15+,16-,17+/m0/s1. The topological polar surface area (TPSA) is 92.7 Å². The molecule has 0 unspecified atom stereocenters. The van der Waals surface area contributed by atoms with Crippen LogP contribution in [0, 0.1) is 23.7 Å². The van der Waals surface area contributed by atoms with Gasteiger partial charge in [-0.15, -0.1) is 0 Å². The van der Waals surface area contributed by atoms with Gasteiger partial charge in [0.1, 0.15) is 5.75 Å². The highest BCUT2D eigenvalue weighted by Crippen LogP contribution is 2.55. The Morgan fingerprint density at radius 1 is 1.24 bits per heavy atom. The Hall–Kier alpha value is -1.60. The van der Waals surface area contributed by atoms with Crippen molar-refractivity contribution in [3.05, 3.63) is 24.3 Å². The molecule has 0 spiro atoms. The second-order valence-corrected chi connectivity index (χ2v) is 9.19. The maximum atomic E-state index is 12.5. The Bertz CT molecular complexity index is 728. The summed E-state index contributed by atoms with van der Waals surface area (Å²) < 4.78 is 33.4. The van der Waals surface area contributed by atoms with E-state index in [1.165, 1.54) is 12.1 Å². The first-order valence-corrected chi connectivity index (χ1v) is 10.2. The molecule has 2 aliphatic carbocycles. The molecule has 0 aromatic heterocycles. The summed E-state index contributed by atoms with van der Waals surface area (Å²) in [6.45, 7) is 4.84. The summed E-state index contributed by atoms with van der Waals surface area (Å²) in [6, 6.07) is 6.09. The Kier molecular flexibility index (Phi) is 5.06. The predicted octanol–water partition coefficient (Wildman–Crippen LogP) is 2.50. The van der Waals surface area contributed by atoms with Crippen LogP contribution in [0.4, 0.5) is 0 Å². The van der Waals surface area contributed by atoms with Gasteiger partial charge in [0.25, 0.3) is 0 Å². The summed E-state index contributed by atoms with van der Waals surface area (Å²) in [6.07, 6.45) is 2.11. The van der Waals surface area contributed by atoms with Crippen molar-refractivity contribution in [3.8, 4) is 5.75 Å². The molecule has 138 valence electrons. The fourth-order valence-electron chi connectivity index (χ4n) is 3.60. The van der Waals surface area contributed by atoms with E-state index in [0.717, 1.165) is 12.8 Å². The number of fused-ring (bicyclic) bond motifs is 1. The van der Waals surface area contributed by atoms with Crippen LogP contribution in [0.15, 0.2) is 29.2 Å². The first-order chi connectivity index (χ1) is 11.8. The van der Waals surface area contributed by atoms with Crippen LogP contribution in [0.3, 0.4) is 0 Å². The molecule has 1 aromatic rings. The molecule has 6 nitrogen and oxygen atoms in total. The van der Waals surface area contributed by atoms with E-state index in [-0.39, 0.29) is 22.8 Å². The molecule has 0 heterocycles. The van der Waals surface area contributed by atoms with Crippen molar-refractivity contribution in [2.45, 2.75) is 44.0 Å². The van der Waals surface area contributed by atoms with Gasteiger partial charge in [-0.1, -0.05) is 13.8 Å². The first kappa shape index (κ1) is 18.2. The molecule has 2 aliphatic rings. The molecule has 25 heavy (non-hydrogen) atoms. The molecule has 0 amide bonds. The van der Waals surface area contributed by atoms with E-state index in [1.807, 2.05) is 0 Å². The third-order valence-corrected chi connectivity index (χ3v) is 6.66. The SMILES string of the molecule is CC(C)CCOc1ccc(S(=O)(=O)N[C@@H]2C[C@H](C(=O)O)[C@H]3C[C@H]32)cc1. The number of rotatable bonds is 8. The van der Waals surface area contributed by atoms with Crippen molar-refractivity contribution >= 4 is 16.0 Å². The van der Waals surface area contributed by atoms with Crippen LogP contribution in [-0.4, -0.2) is 32.1 Å². The molecule has 2 fully saturated rings. The molecular formula is C18H25NO5S. The van der Waals surface area contributed by atoms with Crippen LogP contribution in [-0.2, 0) is 14.8 Å². The lowest BCUT2D eigenvalue weighted by Crippen LogP contribution is -2.36. The summed E-state index contributed by atoms with van der Waals surface area (Å²) in [7, 11) is -3.65. The van der Waals surface area contributed by atoms with Crippen molar-refractivity contribution in [2.24, 2.45) is 23.7 Å².